The maximum absolute atomic E-state index is 13.0. The molecule has 0 aliphatic rings. The Morgan fingerprint density at radius 1 is 0.889 bits per heavy atom. The third-order valence-electron chi connectivity index (χ3n) is 3.71. The molecule has 0 bridgehead atoms. The predicted octanol–water partition coefficient (Wildman–Crippen LogP) is 5.25. The van der Waals surface area contributed by atoms with Crippen molar-refractivity contribution in [3.8, 4) is 28.8 Å². The van der Waals surface area contributed by atoms with Crippen molar-refractivity contribution in [2.45, 2.75) is 6.61 Å². The van der Waals surface area contributed by atoms with Crippen molar-refractivity contribution in [1.82, 2.24) is 9.97 Å². The summed E-state index contributed by atoms with van der Waals surface area (Å²) < 4.78 is 29.8. The van der Waals surface area contributed by atoms with E-state index in [4.69, 9.17) is 13.9 Å². The van der Waals surface area contributed by atoms with Crippen LogP contribution in [0.15, 0.2) is 83.6 Å². The molecule has 4 aromatic rings. The van der Waals surface area contributed by atoms with Gasteiger partial charge in [0.15, 0.2) is 0 Å². The quantitative estimate of drug-likeness (QED) is 0.469. The van der Waals surface area contributed by atoms with Crippen LogP contribution >= 0.6 is 0 Å². The van der Waals surface area contributed by atoms with Gasteiger partial charge < -0.3 is 13.9 Å². The van der Waals surface area contributed by atoms with Gasteiger partial charge in [0.2, 0.25) is 11.8 Å². The first kappa shape index (κ1) is 16.8. The van der Waals surface area contributed by atoms with Crippen molar-refractivity contribution in [2.75, 3.05) is 0 Å². The van der Waals surface area contributed by atoms with Gasteiger partial charge in [-0.25, -0.2) is 14.4 Å². The minimum Gasteiger partial charge on any atom is -0.487 e. The first-order valence-electron chi connectivity index (χ1n) is 8.28. The van der Waals surface area contributed by atoms with Crippen LogP contribution in [-0.2, 0) is 6.61 Å². The lowest BCUT2D eigenvalue weighted by Gasteiger charge is -2.06. The fourth-order valence-corrected chi connectivity index (χ4v) is 2.39. The van der Waals surface area contributed by atoms with E-state index in [0.717, 1.165) is 0 Å². The van der Waals surface area contributed by atoms with E-state index in [1.54, 1.807) is 48.7 Å². The largest absolute Gasteiger partial charge is 0.487 e. The fourth-order valence-electron chi connectivity index (χ4n) is 2.39. The van der Waals surface area contributed by atoms with Crippen LogP contribution in [-0.4, -0.2) is 9.97 Å². The Morgan fingerprint density at radius 2 is 1.67 bits per heavy atom. The first-order chi connectivity index (χ1) is 13.3. The van der Waals surface area contributed by atoms with Gasteiger partial charge >= 0.3 is 0 Å². The molecule has 5 nitrogen and oxygen atoms in total. The Labute approximate surface area is 155 Å². The van der Waals surface area contributed by atoms with E-state index in [1.807, 2.05) is 12.1 Å². The van der Waals surface area contributed by atoms with Crippen molar-refractivity contribution < 1.29 is 18.3 Å². The zero-order valence-electron chi connectivity index (χ0n) is 14.2. The van der Waals surface area contributed by atoms with Crippen LogP contribution < -0.4 is 9.47 Å². The lowest BCUT2D eigenvalue weighted by atomic mass is 10.2. The van der Waals surface area contributed by atoms with Gasteiger partial charge in [0, 0.05) is 17.8 Å². The molecule has 4 rings (SSSR count). The predicted molar refractivity (Wildman–Crippen MR) is 97.0 cm³/mol. The zero-order valence-corrected chi connectivity index (χ0v) is 14.2. The second-order valence-electron chi connectivity index (χ2n) is 5.68. The average molecular weight is 362 g/mol. The highest BCUT2D eigenvalue weighted by molar-refractivity contribution is 5.52. The summed E-state index contributed by atoms with van der Waals surface area (Å²) in [6, 6.07) is 18.7. The highest BCUT2D eigenvalue weighted by Crippen LogP contribution is 2.23. The molecule has 0 spiro atoms. The second-order valence-corrected chi connectivity index (χ2v) is 5.68. The molecule has 0 amide bonds. The zero-order chi connectivity index (χ0) is 18.5. The molecular weight excluding hydrogens is 347 g/mol. The molecule has 0 radical (unpaired) electrons. The van der Waals surface area contributed by atoms with E-state index in [1.165, 1.54) is 18.4 Å². The molecular formula is C21H15FN2O3. The molecule has 0 N–H and O–H groups in total. The van der Waals surface area contributed by atoms with E-state index in [-0.39, 0.29) is 12.4 Å². The molecule has 27 heavy (non-hydrogen) atoms. The van der Waals surface area contributed by atoms with Crippen LogP contribution in [0.25, 0.3) is 11.5 Å². The molecule has 134 valence electrons. The summed E-state index contributed by atoms with van der Waals surface area (Å²) in [4.78, 5) is 8.46. The van der Waals surface area contributed by atoms with Crippen LogP contribution in [0.1, 0.15) is 5.69 Å². The van der Waals surface area contributed by atoms with Crippen molar-refractivity contribution in [3.05, 3.63) is 90.7 Å². The first-order valence-corrected chi connectivity index (χ1v) is 8.28. The molecule has 2 heterocycles. The van der Waals surface area contributed by atoms with Gasteiger partial charge in [0.05, 0.1) is 0 Å². The number of halogens is 1. The topological polar surface area (TPSA) is 57.4 Å². The van der Waals surface area contributed by atoms with Crippen LogP contribution in [0.5, 0.6) is 17.4 Å². The Bertz CT molecular complexity index is 1000. The summed E-state index contributed by atoms with van der Waals surface area (Å²) in [5.41, 5.74) is 1.35. The number of nitrogens with zero attached hydrogens (tertiary/aromatic N) is 2. The number of pyridine rings is 1. The fraction of sp³-hybridized carbons (Fsp3) is 0.0476. The number of ether oxygens (including phenoxy) is 2. The summed E-state index contributed by atoms with van der Waals surface area (Å²) in [6.45, 7) is 0.255. The summed E-state index contributed by atoms with van der Waals surface area (Å²) in [5.74, 6) is 2.00. The molecule has 2 aromatic heterocycles. The molecule has 0 saturated heterocycles. The van der Waals surface area contributed by atoms with Crippen molar-refractivity contribution in [3.63, 3.8) is 0 Å². The summed E-state index contributed by atoms with van der Waals surface area (Å²) in [6.07, 6.45) is 3.20. The van der Waals surface area contributed by atoms with E-state index in [2.05, 4.69) is 9.97 Å². The van der Waals surface area contributed by atoms with Gasteiger partial charge in [0.25, 0.3) is 0 Å². The van der Waals surface area contributed by atoms with Crippen molar-refractivity contribution in [2.24, 2.45) is 0 Å². The molecule has 2 aromatic carbocycles. The van der Waals surface area contributed by atoms with Gasteiger partial charge in [-0.05, 0) is 54.6 Å². The molecule has 0 aliphatic carbocycles. The van der Waals surface area contributed by atoms with Gasteiger partial charge in [0.1, 0.15) is 35.9 Å². The molecule has 0 fully saturated rings. The van der Waals surface area contributed by atoms with Crippen LogP contribution in [0.3, 0.4) is 0 Å². The minimum absolute atomic E-state index is 0.255. The average Bonchev–Trinajstić information content (AvgIpc) is 3.18. The summed E-state index contributed by atoms with van der Waals surface area (Å²) >= 11 is 0. The summed E-state index contributed by atoms with van der Waals surface area (Å²) in [5, 5.41) is 0. The van der Waals surface area contributed by atoms with E-state index >= 15 is 0 Å². The van der Waals surface area contributed by atoms with E-state index in [0.29, 0.717) is 34.5 Å². The number of benzene rings is 2. The Kier molecular flexibility index (Phi) is 4.78. The Morgan fingerprint density at radius 3 is 2.41 bits per heavy atom. The lowest BCUT2D eigenvalue weighted by molar-refractivity contribution is 0.300. The smallest absolute Gasteiger partial charge is 0.226 e. The van der Waals surface area contributed by atoms with Gasteiger partial charge in [-0.2, -0.15) is 0 Å². The highest BCUT2D eigenvalue weighted by Gasteiger charge is 2.08. The highest BCUT2D eigenvalue weighted by atomic mass is 19.1. The number of hydrogen-bond donors (Lipinski definition) is 0. The Hall–Kier alpha value is -3.67. The van der Waals surface area contributed by atoms with Crippen molar-refractivity contribution >= 4 is 0 Å². The Balaban J connectivity index is 1.35. The van der Waals surface area contributed by atoms with Gasteiger partial charge in [-0.3, -0.25) is 0 Å². The number of aromatic nitrogens is 2. The van der Waals surface area contributed by atoms with Crippen LogP contribution in [0.2, 0.25) is 0 Å². The number of rotatable bonds is 6. The maximum atomic E-state index is 13.0. The van der Waals surface area contributed by atoms with Gasteiger partial charge in [-0.15, -0.1) is 0 Å². The van der Waals surface area contributed by atoms with Crippen molar-refractivity contribution in [1.29, 1.82) is 0 Å². The molecule has 0 atom stereocenters. The summed E-state index contributed by atoms with van der Waals surface area (Å²) in [7, 11) is 0. The monoisotopic (exact) mass is 362 g/mol. The number of oxazole rings is 1. The SMILES string of the molecule is Fc1ccc(-c2nc(COc3ccc(Oc4ccccn4)cc3)co2)cc1. The second kappa shape index (κ2) is 7.70. The maximum Gasteiger partial charge on any atom is 0.226 e. The van der Waals surface area contributed by atoms with E-state index < -0.39 is 0 Å². The molecule has 6 heteroatoms. The normalized spacial score (nSPS) is 10.6. The number of hydrogen-bond acceptors (Lipinski definition) is 5. The molecule has 0 unspecified atom stereocenters. The molecule has 0 saturated carbocycles. The third-order valence-corrected chi connectivity index (χ3v) is 3.71. The lowest BCUT2D eigenvalue weighted by Crippen LogP contribution is -1.96. The van der Waals surface area contributed by atoms with E-state index in [9.17, 15) is 4.39 Å². The van der Waals surface area contributed by atoms with Crippen LogP contribution in [0.4, 0.5) is 4.39 Å². The third kappa shape index (κ3) is 4.30. The standard InChI is InChI=1S/C21H15FN2O3/c22-16-6-4-15(5-7-16)21-24-17(14-26-21)13-25-18-8-10-19(11-9-18)27-20-3-1-2-12-23-20/h1-12,14H,13H2. The van der Waals surface area contributed by atoms with Crippen LogP contribution in [0, 0.1) is 5.82 Å². The minimum atomic E-state index is -0.302. The van der Waals surface area contributed by atoms with Gasteiger partial charge in [-0.1, -0.05) is 6.07 Å². The molecule has 0 aliphatic heterocycles.